The predicted molar refractivity (Wildman–Crippen MR) is 133 cm³/mol. The highest BCUT2D eigenvalue weighted by Gasteiger charge is 2.53. The molecule has 2 fully saturated rings. The van der Waals surface area contributed by atoms with E-state index >= 15 is 0 Å². The van der Waals surface area contributed by atoms with Crippen LogP contribution in [0.25, 0.3) is 0 Å². The highest BCUT2D eigenvalue weighted by Crippen LogP contribution is 2.44. The number of hydrogen-bond donors (Lipinski definition) is 1. The van der Waals surface area contributed by atoms with Crippen molar-refractivity contribution in [1.29, 1.82) is 0 Å². The summed E-state index contributed by atoms with van der Waals surface area (Å²) in [6, 6.07) is 0. The molecule has 6 heteroatoms. The van der Waals surface area contributed by atoms with Gasteiger partial charge in [0.05, 0.1) is 18.4 Å². The molecular weight excluding hydrogens is 416 g/mol. The van der Waals surface area contributed by atoms with Crippen LogP contribution in [0.15, 0.2) is 0 Å². The van der Waals surface area contributed by atoms with Gasteiger partial charge in [-0.2, -0.15) is 0 Å². The zero-order valence-electron chi connectivity index (χ0n) is 23.0. The van der Waals surface area contributed by atoms with Crippen LogP contribution in [0.2, 0.25) is 0 Å². The van der Waals surface area contributed by atoms with Crippen LogP contribution in [0, 0.1) is 11.8 Å². The normalized spacial score (nSPS) is 28.4. The van der Waals surface area contributed by atoms with Crippen LogP contribution >= 0.6 is 0 Å². The van der Waals surface area contributed by atoms with Gasteiger partial charge < -0.3 is 14.8 Å². The summed E-state index contributed by atoms with van der Waals surface area (Å²) in [6.07, 6.45) is 6.03. The van der Waals surface area contributed by atoms with Crippen LogP contribution in [0.3, 0.4) is 0 Å². The molecule has 33 heavy (non-hydrogen) atoms. The first-order chi connectivity index (χ1) is 15.0. The van der Waals surface area contributed by atoms with Crippen LogP contribution in [0.1, 0.15) is 107 Å². The van der Waals surface area contributed by atoms with Crippen LogP contribution in [0.4, 0.5) is 0 Å². The number of likely N-dealkylation sites (tertiary alicyclic amines) is 1. The molecule has 2 heterocycles. The van der Waals surface area contributed by atoms with E-state index in [4.69, 9.17) is 9.47 Å². The van der Waals surface area contributed by atoms with Gasteiger partial charge in [0, 0.05) is 22.2 Å². The second kappa shape index (κ2) is 10.2. The average Bonchev–Trinajstić information content (AvgIpc) is 3.02. The van der Waals surface area contributed by atoms with Gasteiger partial charge >= 0.3 is 11.9 Å². The summed E-state index contributed by atoms with van der Waals surface area (Å²) in [5.74, 6) is -0.370. The third kappa shape index (κ3) is 6.72. The first-order valence-corrected chi connectivity index (χ1v) is 12.9. The van der Waals surface area contributed by atoms with Gasteiger partial charge in [-0.25, -0.2) is 0 Å². The van der Waals surface area contributed by atoms with Gasteiger partial charge in [0.1, 0.15) is 6.10 Å². The number of hydrogen-bond acceptors (Lipinski definition) is 6. The van der Waals surface area contributed by atoms with Gasteiger partial charge in [-0.05, 0) is 107 Å². The van der Waals surface area contributed by atoms with E-state index < -0.39 is 0 Å². The highest BCUT2D eigenvalue weighted by atomic mass is 16.5. The summed E-state index contributed by atoms with van der Waals surface area (Å²) >= 11 is 0. The van der Waals surface area contributed by atoms with Crippen molar-refractivity contribution in [3.8, 4) is 0 Å². The molecule has 192 valence electrons. The predicted octanol–water partition coefficient (Wildman–Crippen LogP) is 5.09. The Morgan fingerprint density at radius 1 is 0.939 bits per heavy atom. The van der Waals surface area contributed by atoms with E-state index in [0.717, 1.165) is 44.9 Å². The third-order valence-electron chi connectivity index (χ3n) is 8.30. The smallest absolute Gasteiger partial charge is 0.311 e. The first kappa shape index (κ1) is 28.1. The van der Waals surface area contributed by atoms with E-state index in [0.29, 0.717) is 6.61 Å². The summed E-state index contributed by atoms with van der Waals surface area (Å²) in [5, 5.41) is 3.53. The van der Waals surface area contributed by atoms with E-state index in [1.807, 2.05) is 0 Å². The Hall–Kier alpha value is -1.14. The van der Waals surface area contributed by atoms with E-state index in [1.165, 1.54) is 0 Å². The standard InChI is InChI=1S/C27H50N2O4/c1-11-19(33-23(31)21-18-25(4,5)29(10)27(21,8)9)15-13-12-14-16-32-22(30)20-17-24(2,3)28-26(20,6)7/h19-21,28H,11-18H2,1-10H3. The Labute approximate surface area is 202 Å². The Balaban J connectivity index is 1.70. The minimum Gasteiger partial charge on any atom is -0.465 e. The Morgan fingerprint density at radius 3 is 2.06 bits per heavy atom. The summed E-state index contributed by atoms with van der Waals surface area (Å²) in [7, 11) is 2.10. The lowest BCUT2D eigenvalue weighted by Crippen LogP contribution is -2.48. The number of nitrogens with zero attached hydrogens (tertiary/aromatic N) is 1. The SMILES string of the molecule is CCC(CCCCCOC(=O)C1CC(C)(C)NC1(C)C)OC(=O)C1CC(C)(C)N(C)C1(C)C. The van der Waals surface area contributed by atoms with Gasteiger partial charge in [-0.1, -0.05) is 6.92 Å². The lowest BCUT2D eigenvalue weighted by Gasteiger charge is -2.38. The van der Waals surface area contributed by atoms with Crippen LogP contribution in [-0.4, -0.2) is 58.8 Å². The van der Waals surface area contributed by atoms with E-state index in [9.17, 15) is 9.59 Å². The zero-order chi connectivity index (χ0) is 25.2. The largest absolute Gasteiger partial charge is 0.465 e. The van der Waals surface area contributed by atoms with E-state index in [2.05, 4.69) is 79.6 Å². The summed E-state index contributed by atoms with van der Waals surface area (Å²) < 4.78 is 11.6. The van der Waals surface area contributed by atoms with Crippen molar-refractivity contribution in [2.24, 2.45) is 11.8 Å². The minimum absolute atomic E-state index is 0.00808. The molecule has 2 rings (SSSR count). The molecule has 0 aliphatic carbocycles. The molecule has 0 bridgehead atoms. The summed E-state index contributed by atoms with van der Waals surface area (Å²) in [6.45, 7) is 19.6. The molecule has 2 saturated heterocycles. The second-order valence-electron chi connectivity index (χ2n) is 12.8. The Bertz CT molecular complexity index is 698. The number of rotatable bonds is 10. The topological polar surface area (TPSA) is 67.9 Å². The zero-order valence-corrected chi connectivity index (χ0v) is 23.0. The van der Waals surface area contributed by atoms with Gasteiger partial charge in [-0.3, -0.25) is 14.5 Å². The minimum atomic E-state index is -0.239. The number of esters is 2. The molecule has 0 aromatic rings. The summed E-state index contributed by atoms with van der Waals surface area (Å²) in [4.78, 5) is 27.9. The van der Waals surface area contributed by atoms with Crippen LogP contribution < -0.4 is 5.32 Å². The molecule has 2 aliphatic heterocycles. The molecule has 3 atom stereocenters. The van der Waals surface area contributed by atoms with Crippen molar-refractivity contribution >= 4 is 11.9 Å². The lowest BCUT2D eigenvalue weighted by molar-refractivity contribution is -0.157. The van der Waals surface area contributed by atoms with E-state index in [-0.39, 0.29) is 52.0 Å². The van der Waals surface area contributed by atoms with Crippen molar-refractivity contribution in [3.05, 3.63) is 0 Å². The lowest BCUT2D eigenvalue weighted by atomic mass is 9.87. The fourth-order valence-corrected chi connectivity index (χ4v) is 5.94. The fraction of sp³-hybridized carbons (Fsp3) is 0.926. The summed E-state index contributed by atoms with van der Waals surface area (Å²) in [5.41, 5.74) is -0.497. The average molecular weight is 467 g/mol. The molecule has 0 aromatic carbocycles. The molecule has 2 aliphatic rings. The maximum atomic E-state index is 13.0. The highest BCUT2D eigenvalue weighted by molar-refractivity contribution is 5.75. The first-order valence-electron chi connectivity index (χ1n) is 12.9. The molecule has 0 saturated carbocycles. The van der Waals surface area contributed by atoms with Crippen molar-refractivity contribution in [2.75, 3.05) is 13.7 Å². The quantitative estimate of drug-likeness (QED) is 0.357. The molecule has 1 N–H and O–H groups in total. The van der Waals surface area contributed by atoms with Crippen molar-refractivity contribution in [3.63, 3.8) is 0 Å². The van der Waals surface area contributed by atoms with Gasteiger partial charge in [0.25, 0.3) is 0 Å². The van der Waals surface area contributed by atoms with E-state index in [1.54, 1.807) is 0 Å². The Kier molecular flexibility index (Phi) is 8.71. The van der Waals surface area contributed by atoms with Crippen LogP contribution in [-0.2, 0) is 19.1 Å². The van der Waals surface area contributed by atoms with Gasteiger partial charge in [0.2, 0.25) is 0 Å². The molecule has 6 nitrogen and oxygen atoms in total. The van der Waals surface area contributed by atoms with Crippen molar-refractivity contribution in [2.45, 2.75) is 136 Å². The monoisotopic (exact) mass is 466 g/mol. The van der Waals surface area contributed by atoms with Crippen molar-refractivity contribution < 1.29 is 19.1 Å². The van der Waals surface area contributed by atoms with Crippen LogP contribution in [0.5, 0.6) is 0 Å². The van der Waals surface area contributed by atoms with Gasteiger partial charge in [0.15, 0.2) is 0 Å². The number of unbranched alkanes of at least 4 members (excludes halogenated alkanes) is 2. The number of carbonyl (C=O) groups excluding carboxylic acids is 2. The number of ether oxygens (including phenoxy) is 2. The molecule has 0 spiro atoms. The number of carbonyl (C=O) groups is 2. The maximum absolute atomic E-state index is 13.0. The Morgan fingerprint density at radius 2 is 1.58 bits per heavy atom. The van der Waals surface area contributed by atoms with Gasteiger partial charge in [-0.15, -0.1) is 0 Å². The third-order valence-corrected chi connectivity index (χ3v) is 8.30. The molecule has 0 amide bonds. The molecule has 3 unspecified atom stereocenters. The molecule has 0 aromatic heterocycles. The fourth-order valence-electron chi connectivity index (χ4n) is 5.94. The molecule has 0 radical (unpaired) electrons. The number of nitrogens with one attached hydrogen (secondary N) is 1. The second-order valence-corrected chi connectivity index (χ2v) is 12.8. The molecular formula is C27H50N2O4. The van der Waals surface area contributed by atoms with Crippen molar-refractivity contribution in [1.82, 2.24) is 10.2 Å². The maximum Gasteiger partial charge on any atom is 0.311 e.